The van der Waals surface area contributed by atoms with Crippen molar-refractivity contribution >= 4 is 5.97 Å². The minimum absolute atomic E-state index is 0.281. The topological polar surface area (TPSA) is 46.5 Å². The lowest BCUT2D eigenvalue weighted by Crippen LogP contribution is -2.17. The van der Waals surface area contributed by atoms with E-state index in [-0.39, 0.29) is 6.10 Å². The van der Waals surface area contributed by atoms with Crippen LogP contribution in [-0.2, 0) is 9.53 Å². The molecule has 1 N–H and O–H groups in total. The molecular formula is C13H16O3. The number of hydrogen-bond donors (Lipinski definition) is 1. The summed E-state index contributed by atoms with van der Waals surface area (Å²) in [5.74, 6) is -1.16. The second-order valence-electron chi connectivity index (χ2n) is 4.37. The minimum atomic E-state index is -0.763. The van der Waals surface area contributed by atoms with Crippen molar-refractivity contribution in [2.75, 3.05) is 6.61 Å². The number of carboxylic acid groups (broad SMARTS) is 1. The molecule has 1 aliphatic heterocycles. The molecule has 0 aliphatic carbocycles. The molecule has 1 heterocycles. The van der Waals surface area contributed by atoms with Gasteiger partial charge in [0.1, 0.15) is 0 Å². The Morgan fingerprint density at radius 1 is 1.38 bits per heavy atom. The summed E-state index contributed by atoms with van der Waals surface area (Å²) in [6, 6.07) is 6.01. The zero-order valence-corrected chi connectivity index (χ0v) is 9.56. The van der Waals surface area contributed by atoms with Crippen LogP contribution < -0.4 is 0 Å². The molecule has 2 rings (SSSR count). The first kappa shape index (κ1) is 11.1. The highest BCUT2D eigenvalue weighted by molar-refractivity contribution is 5.71. The first-order valence-electron chi connectivity index (χ1n) is 5.51. The van der Waals surface area contributed by atoms with Crippen LogP contribution in [-0.4, -0.2) is 17.7 Å². The predicted octanol–water partition coefficient (Wildman–Crippen LogP) is 2.47. The lowest BCUT2D eigenvalue weighted by molar-refractivity contribution is -0.143. The van der Waals surface area contributed by atoms with Gasteiger partial charge in [0.25, 0.3) is 0 Å². The molecule has 16 heavy (non-hydrogen) atoms. The van der Waals surface area contributed by atoms with Crippen LogP contribution in [0.4, 0.5) is 0 Å². The van der Waals surface area contributed by atoms with Crippen LogP contribution in [0, 0.1) is 19.8 Å². The SMILES string of the molecule is Cc1ccc(C2OCCC2C(=O)O)cc1C. The molecule has 1 fully saturated rings. The van der Waals surface area contributed by atoms with Crippen molar-refractivity contribution in [3.8, 4) is 0 Å². The molecular weight excluding hydrogens is 204 g/mol. The molecule has 0 radical (unpaired) electrons. The molecule has 1 aromatic carbocycles. The van der Waals surface area contributed by atoms with Gasteiger partial charge in [-0.25, -0.2) is 0 Å². The maximum absolute atomic E-state index is 11.1. The van der Waals surface area contributed by atoms with Crippen LogP contribution in [0.5, 0.6) is 0 Å². The van der Waals surface area contributed by atoms with E-state index in [0.29, 0.717) is 13.0 Å². The normalized spacial score (nSPS) is 24.6. The molecule has 0 bridgehead atoms. The molecule has 1 aliphatic rings. The van der Waals surface area contributed by atoms with Crippen molar-refractivity contribution < 1.29 is 14.6 Å². The molecule has 2 atom stereocenters. The maximum Gasteiger partial charge on any atom is 0.309 e. The van der Waals surface area contributed by atoms with E-state index in [1.165, 1.54) is 11.1 Å². The molecule has 0 saturated carbocycles. The maximum atomic E-state index is 11.1. The number of benzene rings is 1. The van der Waals surface area contributed by atoms with Crippen molar-refractivity contribution in [3.63, 3.8) is 0 Å². The van der Waals surface area contributed by atoms with Crippen LogP contribution in [0.25, 0.3) is 0 Å². The van der Waals surface area contributed by atoms with Gasteiger partial charge in [0.2, 0.25) is 0 Å². The number of ether oxygens (including phenoxy) is 1. The molecule has 0 aromatic heterocycles. The molecule has 1 aromatic rings. The number of aryl methyl sites for hydroxylation is 2. The zero-order valence-electron chi connectivity index (χ0n) is 9.56. The Labute approximate surface area is 95.0 Å². The first-order valence-corrected chi connectivity index (χ1v) is 5.51. The van der Waals surface area contributed by atoms with Gasteiger partial charge in [-0.2, -0.15) is 0 Å². The number of carboxylic acids is 1. The van der Waals surface area contributed by atoms with Gasteiger partial charge in [-0.15, -0.1) is 0 Å². The van der Waals surface area contributed by atoms with Crippen LogP contribution in [0.1, 0.15) is 29.2 Å². The van der Waals surface area contributed by atoms with Crippen molar-refractivity contribution in [1.82, 2.24) is 0 Å². The summed E-state index contributed by atoms with van der Waals surface area (Å²) in [5.41, 5.74) is 3.37. The van der Waals surface area contributed by atoms with Crippen LogP contribution in [0.3, 0.4) is 0 Å². The average molecular weight is 220 g/mol. The van der Waals surface area contributed by atoms with E-state index in [2.05, 4.69) is 0 Å². The second kappa shape index (κ2) is 4.26. The van der Waals surface area contributed by atoms with Crippen molar-refractivity contribution in [2.24, 2.45) is 5.92 Å². The van der Waals surface area contributed by atoms with Gasteiger partial charge in [0.15, 0.2) is 0 Å². The fourth-order valence-electron chi connectivity index (χ4n) is 2.11. The Hall–Kier alpha value is -1.35. The Morgan fingerprint density at radius 2 is 2.12 bits per heavy atom. The van der Waals surface area contributed by atoms with E-state index >= 15 is 0 Å². The largest absolute Gasteiger partial charge is 0.481 e. The molecule has 2 unspecified atom stereocenters. The van der Waals surface area contributed by atoms with Gasteiger partial charge in [0, 0.05) is 6.61 Å². The molecule has 3 nitrogen and oxygen atoms in total. The van der Waals surface area contributed by atoms with Crippen molar-refractivity contribution in [3.05, 3.63) is 34.9 Å². The third-order valence-electron chi connectivity index (χ3n) is 3.27. The number of carbonyl (C=O) groups is 1. The minimum Gasteiger partial charge on any atom is -0.481 e. The Kier molecular flexibility index (Phi) is 2.97. The lowest BCUT2D eigenvalue weighted by atomic mass is 9.93. The highest BCUT2D eigenvalue weighted by Crippen LogP contribution is 2.35. The summed E-state index contributed by atoms with van der Waals surface area (Å²) in [4.78, 5) is 11.1. The fraction of sp³-hybridized carbons (Fsp3) is 0.462. The molecule has 0 amide bonds. The molecule has 3 heteroatoms. The number of rotatable bonds is 2. The monoisotopic (exact) mass is 220 g/mol. The molecule has 1 saturated heterocycles. The van der Waals surface area contributed by atoms with Crippen LogP contribution in [0.2, 0.25) is 0 Å². The Bertz CT molecular complexity index is 412. The van der Waals surface area contributed by atoms with E-state index in [9.17, 15) is 4.79 Å². The van der Waals surface area contributed by atoms with Crippen LogP contribution in [0.15, 0.2) is 18.2 Å². The number of aliphatic carboxylic acids is 1. The van der Waals surface area contributed by atoms with Gasteiger partial charge in [-0.1, -0.05) is 18.2 Å². The van der Waals surface area contributed by atoms with E-state index in [1.54, 1.807) is 0 Å². The molecule has 86 valence electrons. The quantitative estimate of drug-likeness (QED) is 0.832. The van der Waals surface area contributed by atoms with Gasteiger partial charge in [0.05, 0.1) is 12.0 Å². The van der Waals surface area contributed by atoms with E-state index in [1.807, 2.05) is 32.0 Å². The van der Waals surface area contributed by atoms with E-state index in [4.69, 9.17) is 9.84 Å². The van der Waals surface area contributed by atoms with Gasteiger partial charge < -0.3 is 9.84 Å². The summed E-state index contributed by atoms with van der Waals surface area (Å²) < 4.78 is 5.53. The third kappa shape index (κ3) is 1.95. The van der Waals surface area contributed by atoms with Gasteiger partial charge in [-0.05, 0) is 37.0 Å². The first-order chi connectivity index (χ1) is 7.59. The smallest absolute Gasteiger partial charge is 0.309 e. The highest BCUT2D eigenvalue weighted by atomic mass is 16.5. The number of hydrogen-bond acceptors (Lipinski definition) is 2. The lowest BCUT2D eigenvalue weighted by Gasteiger charge is -2.16. The summed E-state index contributed by atoms with van der Waals surface area (Å²) in [6.45, 7) is 4.61. The summed E-state index contributed by atoms with van der Waals surface area (Å²) in [5, 5.41) is 9.09. The zero-order chi connectivity index (χ0) is 11.7. The van der Waals surface area contributed by atoms with Crippen molar-refractivity contribution in [2.45, 2.75) is 26.4 Å². The standard InChI is InChI=1S/C13H16O3/c1-8-3-4-10(7-9(8)2)12-11(13(14)15)5-6-16-12/h3-4,7,11-12H,5-6H2,1-2H3,(H,14,15). The van der Waals surface area contributed by atoms with Gasteiger partial charge >= 0.3 is 5.97 Å². The van der Waals surface area contributed by atoms with E-state index < -0.39 is 11.9 Å². The second-order valence-corrected chi connectivity index (χ2v) is 4.37. The summed E-state index contributed by atoms with van der Waals surface area (Å²) in [6.07, 6.45) is 0.323. The summed E-state index contributed by atoms with van der Waals surface area (Å²) in [7, 11) is 0. The fourth-order valence-corrected chi connectivity index (χ4v) is 2.11. The average Bonchev–Trinajstić information content (AvgIpc) is 2.71. The van der Waals surface area contributed by atoms with Gasteiger partial charge in [-0.3, -0.25) is 4.79 Å². The Balaban J connectivity index is 2.29. The predicted molar refractivity (Wildman–Crippen MR) is 60.4 cm³/mol. The third-order valence-corrected chi connectivity index (χ3v) is 3.27. The molecule has 0 spiro atoms. The highest BCUT2D eigenvalue weighted by Gasteiger charge is 2.35. The Morgan fingerprint density at radius 3 is 2.75 bits per heavy atom. The van der Waals surface area contributed by atoms with E-state index in [0.717, 1.165) is 5.56 Å². The van der Waals surface area contributed by atoms with Crippen molar-refractivity contribution in [1.29, 1.82) is 0 Å². The van der Waals surface area contributed by atoms with Crippen LogP contribution >= 0.6 is 0 Å². The summed E-state index contributed by atoms with van der Waals surface area (Å²) >= 11 is 0.